The van der Waals surface area contributed by atoms with Crippen LogP contribution in [0.15, 0.2) is 6.20 Å². The summed E-state index contributed by atoms with van der Waals surface area (Å²) in [5.41, 5.74) is 0.109. The molecule has 0 bridgehead atoms. The maximum absolute atomic E-state index is 6.23. The predicted molar refractivity (Wildman–Crippen MR) is 120 cm³/mol. The number of ether oxygens (including phenoxy) is 1. The Morgan fingerprint density at radius 3 is 2.43 bits per heavy atom. The van der Waals surface area contributed by atoms with Crippen molar-refractivity contribution in [3.8, 4) is 0 Å². The van der Waals surface area contributed by atoms with Crippen LogP contribution in [-0.2, 0) is 20.8 Å². The summed E-state index contributed by atoms with van der Waals surface area (Å²) < 4.78 is 22.9. The molecule has 2 atom stereocenters. The van der Waals surface area contributed by atoms with E-state index in [0.29, 0.717) is 12.8 Å². The summed E-state index contributed by atoms with van der Waals surface area (Å²) in [5, 5.41) is 0. The minimum atomic E-state index is -1.10. The van der Waals surface area contributed by atoms with Crippen LogP contribution >= 0.6 is 9.39 Å². The molecule has 1 unspecified atom stereocenters. The van der Waals surface area contributed by atoms with E-state index in [0.717, 1.165) is 31.0 Å². The van der Waals surface area contributed by atoms with Crippen LogP contribution < -0.4 is 5.59 Å². The largest absolute Gasteiger partial charge is 0.516 e. The second kappa shape index (κ2) is 8.12. The Labute approximate surface area is 174 Å². The molecular weight excluding hydrogens is 388 g/mol. The van der Waals surface area contributed by atoms with Gasteiger partial charge in [-0.05, 0) is 46.6 Å². The molecule has 158 valence electrons. The standard InChI is InChI=1S/C19H37BN3O3PSi/c1-18(2)19(3,4)26-20(25-18)16-13-22(14-24-11-12-28(5,6)7)17(21-16)15-9-8-10-23(15)27/h13,15H,8-12,14,27H2,1-7H3/t15-/m0/s1. The maximum Gasteiger partial charge on any atom is 0.516 e. The van der Waals surface area contributed by atoms with Gasteiger partial charge in [0.2, 0.25) is 0 Å². The molecule has 3 heterocycles. The van der Waals surface area contributed by atoms with Crippen LogP contribution in [0.25, 0.3) is 0 Å². The zero-order chi connectivity index (χ0) is 20.7. The highest BCUT2D eigenvalue weighted by Crippen LogP contribution is 2.37. The molecule has 6 nitrogen and oxygen atoms in total. The SMILES string of the molecule is CC1(C)OB(c2cn(COCC[Si](C)(C)C)c([C@@H]3CCCN3P)n2)OC1(C)C. The van der Waals surface area contributed by atoms with Crippen LogP contribution in [0.2, 0.25) is 25.7 Å². The monoisotopic (exact) mass is 425 g/mol. The van der Waals surface area contributed by atoms with Crippen LogP contribution in [0, 0.1) is 0 Å². The number of imidazole rings is 1. The Balaban J connectivity index is 1.78. The lowest BCUT2D eigenvalue weighted by atomic mass is 9.86. The van der Waals surface area contributed by atoms with Gasteiger partial charge in [-0.3, -0.25) is 4.67 Å². The molecule has 2 saturated heterocycles. The number of nitrogens with zero attached hydrogens (tertiary/aromatic N) is 3. The number of aromatic nitrogens is 2. The van der Waals surface area contributed by atoms with Crippen molar-refractivity contribution in [1.29, 1.82) is 0 Å². The molecule has 0 aliphatic carbocycles. The highest BCUT2D eigenvalue weighted by Gasteiger charge is 2.53. The van der Waals surface area contributed by atoms with Gasteiger partial charge in [-0.1, -0.05) is 29.0 Å². The van der Waals surface area contributed by atoms with Crippen molar-refractivity contribution in [1.82, 2.24) is 14.2 Å². The molecule has 0 N–H and O–H groups in total. The lowest BCUT2D eigenvalue weighted by Gasteiger charge is -2.32. The second-order valence-corrected chi connectivity index (χ2v) is 16.6. The lowest BCUT2D eigenvalue weighted by Crippen LogP contribution is -2.41. The Morgan fingerprint density at radius 2 is 1.89 bits per heavy atom. The van der Waals surface area contributed by atoms with Crippen molar-refractivity contribution in [3.05, 3.63) is 12.0 Å². The Kier molecular flexibility index (Phi) is 6.51. The molecule has 0 spiro atoms. The summed E-state index contributed by atoms with van der Waals surface area (Å²) in [6.07, 6.45) is 4.35. The number of rotatable bonds is 7. The van der Waals surface area contributed by atoms with E-state index in [1.165, 1.54) is 12.5 Å². The zero-order valence-electron chi connectivity index (χ0n) is 18.6. The van der Waals surface area contributed by atoms with E-state index in [1.807, 2.05) is 0 Å². The zero-order valence-corrected chi connectivity index (χ0v) is 20.8. The van der Waals surface area contributed by atoms with Gasteiger partial charge in [-0.15, -0.1) is 0 Å². The summed E-state index contributed by atoms with van der Waals surface area (Å²) in [7, 11) is 1.32. The molecule has 2 aliphatic rings. The van der Waals surface area contributed by atoms with Gasteiger partial charge in [0.1, 0.15) is 12.6 Å². The molecule has 1 aromatic rings. The lowest BCUT2D eigenvalue weighted by molar-refractivity contribution is 0.00578. The number of hydrogen-bond donors (Lipinski definition) is 0. The van der Waals surface area contributed by atoms with Crippen LogP contribution in [0.5, 0.6) is 0 Å². The fourth-order valence-electron chi connectivity index (χ4n) is 3.51. The summed E-state index contributed by atoms with van der Waals surface area (Å²) in [6.45, 7) is 17.8. The van der Waals surface area contributed by atoms with Gasteiger partial charge in [0.15, 0.2) is 0 Å². The molecule has 0 amide bonds. The Hall–Kier alpha value is -0.238. The van der Waals surface area contributed by atoms with Gasteiger partial charge in [0.05, 0.1) is 22.8 Å². The highest BCUT2D eigenvalue weighted by atomic mass is 31.0. The summed E-state index contributed by atoms with van der Waals surface area (Å²) in [6, 6.07) is 1.46. The van der Waals surface area contributed by atoms with E-state index >= 15 is 0 Å². The molecule has 1 aromatic heterocycles. The van der Waals surface area contributed by atoms with Crippen molar-refractivity contribution in [2.45, 2.75) is 90.2 Å². The molecule has 0 radical (unpaired) electrons. The van der Waals surface area contributed by atoms with Crippen LogP contribution in [0.4, 0.5) is 0 Å². The molecule has 0 saturated carbocycles. The molecule has 9 heteroatoms. The van der Waals surface area contributed by atoms with Crippen molar-refractivity contribution in [3.63, 3.8) is 0 Å². The van der Waals surface area contributed by atoms with Gasteiger partial charge in [-0.2, -0.15) is 0 Å². The van der Waals surface area contributed by atoms with Gasteiger partial charge >= 0.3 is 7.12 Å². The van der Waals surface area contributed by atoms with Crippen molar-refractivity contribution in [2.75, 3.05) is 13.2 Å². The Bertz CT molecular complexity index is 676. The number of hydrogen-bond acceptors (Lipinski definition) is 5. The first kappa shape index (κ1) is 22.4. The average molecular weight is 425 g/mol. The fraction of sp³-hybridized carbons (Fsp3) is 0.842. The minimum Gasteiger partial charge on any atom is -0.398 e. The van der Waals surface area contributed by atoms with E-state index in [9.17, 15) is 0 Å². The summed E-state index contributed by atoms with van der Waals surface area (Å²) in [4.78, 5) is 4.97. The minimum absolute atomic E-state index is 0.293. The van der Waals surface area contributed by atoms with Crippen LogP contribution in [0.1, 0.15) is 52.4 Å². The molecule has 2 aliphatic heterocycles. The van der Waals surface area contributed by atoms with E-state index in [4.69, 9.17) is 19.0 Å². The van der Waals surface area contributed by atoms with Crippen molar-refractivity contribution < 1.29 is 14.0 Å². The third-order valence-corrected chi connectivity index (χ3v) is 8.46. The first-order chi connectivity index (χ1) is 12.9. The van der Waals surface area contributed by atoms with Gasteiger partial charge < -0.3 is 18.6 Å². The summed E-state index contributed by atoms with van der Waals surface area (Å²) in [5.74, 6) is 1.05. The van der Waals surface area contributed by atoms with Gasteiger partial charge in [0, 0.05) is 27.4 Å². The Morgan fingerprint density at radius 1 is 1.25 bits per heavy atom. The molecule has 2 fully saturated rings. The normalized spacial score (nSPS) is 25.0. The third-order valence-electron chi connectivity index (χ3n) is 6.14. The maximum atomic E-state index is 6.23. The molecule has 0 aromatic carbocycles. The van der Waals surface area contributed by atoms with E-state index < -0.39 is 15.2 Å². The first-order valence-electron chi connectivity index (χ1n) is 10.4. The van der Waals surface area contributed by atoms with Crippen molar-refractivity contribution in [2.24, 2.45) is 0 Å². The second-order valence-electron chi connectivity index (χ2n) is 10.3. The third kappa shape index (κ3) is 4.90. The highest BCUT2D eigenvalue weighted by molar-refractivity contribution is 7.13. The first-order valence-corrected chi connectivity index (χ1v) is 14.6. The van der Waals surface area contributed by atoms with Gasteiger partial charge in [0.25, 0.3) is 0 Å². The van der Waals surface area contributed by atoms with Crippen LogP contribution in [0.3, 0.4) is 0 Å². The van der Waals surface area contributed by atoms with Crippen LogP contribution in [-0.4, -0.2) is 53.8 Å². The smallest absolute Gasteiger partial charge is 0.398 e. The van der Waals surface area contributed by atoms with E-state index in [1.54, 1.807) is 0 Å². The van der Waals surface area contributed by atoms with E-state index in [2.05, 4.69) is 72.2 Å². The quantitative estimate of drug-likeness (QED) is 0.381. The molecular formula is C19H37BN3O3PSi. The topological polar surface area (TPSA) is 48.8 Å². The van der Waals surface area contributed by atoms with Gasteiger partial charge in [-0.25, -0.2) is 4.98 Å². The van der Waals surface area contributed by atoms with Crippen molar-refractivity contribution >= 4 is 30.2 Å². The van der Waals surface area contributed by atoms with E-state index in [-0.39, 0.29) is 11.2 Å². The predicted octanol–water partition coefficient (Wildman–Crippen LogP) is 3.42. The summed E-state index contributed by atoms with van der Waals surface area (Å²) >= 11 is 0. The molecule has 3 rings (SSSR count). The fourth-order valence-corrected chi connectivity index (χ4v) is 4.73. The average Bonchev–Trinajstić information content (AvgIpc) is 3.20. The molecule has 28 heavy (non-hydrogen) atoms.